The maximum atomic E-state index is 5.41. The van der Waals surface area contributed by atoms with E-state index in [1.807, 2.05) is 28.9 Å². The number of hydrogen-bond donors (Lipinski definition) is 1. The number of ether oxygens (including phenoxy) is 1. The Hall–Kier alpha value is -2.54. The van der Waals surface area contributed by atoms with Crippen LogP contribution >= 0.6 is 0 Å². The number of hydrogen-bond acceptors (Lipinski definition) is 6. The summed E-state index contributed by atoms with van der Waals surface area (Å²) in [7, 11) is 0. The number of aromatic nitrogens is 5. The standard InChI is InChI=1S/C15H16N6O/c1-3-16-15-20-12(8-21(15)4-1)7-17-14-6-13(18-10-19-14)11-2-5-22-9-11/h1,3-4,6,8,10-11H,2,5,7,9H2,(H,17,18,19)/t11-/m1/s1. The fourth-order valence-corrected chi connectivity index (χ4v) is 2.61. The molecule has 0 spiro atoms. The van der Waals surface area contributed by atoms with Gasteiger partial charge in [0.15, 0.2) is 0 Å². The van der Waals surface area contributed by atoms with E-state index < -0.39 is 0 Å². The van der Waals surface area contributed by atoms with Crippen molar-refractivity contribution in [2.75, 3.05) is 18.5 Å². The van der Waals surface area contributed by atoms with Gasteiger partial charge in [-0.3, -0.25) is 4.40 Å². The van der Waals surface area contributed by atoms with Crippen LogP contribution in [0.15, 0.2) is 37.1 Å². The molecule has 0 radical (unpaired) electrons. The van der Waals surface area contributed by atoms with Crippen molar-refractivity contribution in [2.45, 2.75) is 18.9 Å². The third-order valence-corrected chi connectivity index (χ3v) is 3.77. The van der Waals surface area contributed by atoms with Gasteiger partial charge in [-0.15, -0.1) is 0 Å². The largest absolute Gasteiger partial charge is 0.381 e. The summed E-state index contributed by atoms with van der Waals surface area (Å²) in [6.45, 7) is 2.15. The predicted octanol–water partition coefficient (Wildman–Crippen LogP) is 1.64. The highest BCUT2D eigenvalue weighted by molar-refractivity contribution is 5.37. The van der Waals surface area contributed by atoms with E-state index in [0.29, 0.717) is 18.2 Å². The Morgan fingerprint density at radius 2 is 2.32 bits per heavy atom. The highest BCUT2D eigenvalue weighted by Gasteiger charge is 2.19. The van der Waals surface area contributed by atoms with Crippen LogP contribution in [0.1, 0.15) is 23.7 Å². The Balaban J connectivity index is 1.47. The predicted molar refractivity (Wildman–Crippen MR) is 80.5 cm³/mol. The molecule has 112 valence electrons. The second-order valence-corrected chi connectivity index (χ2v) is 5.30. The third-order valence-electron chi connectivity index (χ3n) is 3.77. The van der Waals surface area contributed by atoms with Gasteiger partial charge in [0.05, 0.1) is 24.5 Å². The molecule has 4 rings (SSSR count). The van der Waals surface area contributed by atoms with E-state index in [0.717, 1.165) is 36.8 Å². The first-order valence-corrected chi connectivity index (χ1v) is 7.30. The molecule has 1 fully saturated rings. The highest BCUT2D eigenvalue weighted by atomic mass is 16.5. The first kappa shape index (κ1) is 13.1. The zero-order valence-electron chi connectivity index (χ0n) is 12.0. The quantitative estimate of drug-likeness (QED) is 0.788. The zero-order valence-corrected chi connectivity index (χ0v) is 12.0. The maximum Gasteiger partial charge on any atom is 0.233 e. The molecule has 0 bridgehead atoms. The van der Waals surface area contributed by atoms with Crippen molar-refractivity contribution in [2.24, 2.45) is 0 Å². The average Bonchev–Trinajstić information content (AvgIpc) is 3.22. The van der Waals surface area contributed by atoms with Crippen LogP contribution in [-0.4, -0.2) is 37.6 Å². The molecular weight excluding hydrogens is 280 g/mol. The van der Waals surface area contributed by atoms with Crippen LogP contribution in [0.2, 0.25) is 0 Å². The zero-order chi connectivity index (χ0) is 14.8. The molecule has 1 aliphatic heterocycles. The molecule has 22 heavy (non-hydrogen) atoms. The lowest BCUT2D eigenvalue weighted by Gasteiger charge is -2.09. The Morgan fingerprint density at radius 3 is 3.18 bits per heavy atom. The van der Waals surface area contributed by atoms with Crippen LogP contribution in [0, 0.1) is 0 Å². The van der Waals surface area contributed by atoms with E-state index in [4.69, 9.17) is 4.74 Å². The van der Waals surface area contributed by atoms with Gasteiger partial charge < -0.3 is 10.1 Å². The number of nitrogens with zero attached hydrogens (tertiary/aromatic N) is 5. The molecule has 1 atom stereocenters. The van der Waals surface area contributed by atoms with Gasteiger partial charge in [-0.25, -0.2) is 19.9 Å². The van der Waals surface area contributed by atoms with Gasteiger partial charge in [0.1, 0.15) is 12.1 Å². The fourth-order valence-electron chi connectivity index (χ4n) is 2.61. The van der Waals surface area contributed by atoms with Gasteiger partial charge in [-0.2, -0.15) is 0 Å². The van der Waals surface area contributed by atoms with E-state index in [9.17, 15) is 0 Å². The summed E-state index contributed by atoms with van der Waals surface area (Å²) in [5, 5.41) is 3.29. The van der Waals surface area contributed by atoms with Crippen molar-refractivity contribution in [1.82, 2.24) is 24.3 Å². The molecule has 1 saturated heterocycles. The monoisotopic (exact) mass is 296 g/mol. The summed E-state index contributed by atoms with van der Waals surface area (Å²) in [6, 6.07) is 3.87. The van der Waals surface area contributed by atoms with Gasteiger partial charge in [-0.1, -0.05) is 0 Å². The second kappa shape index (κ2) is 5.69. The summed E-state index contributed by atoms with van der Waals surface area (Å²) in [5.41, 5.74) is 1.95. The van der Waals surface area contributed by atoms with Crippen LogP contribution in [0.4, 0.5) is 5.82 Å². The van der Waals surface area contributed by atoms with Crippen molar-refractivity contribution >= 4 is 11.6 Å². The van der Waals surface area contributed by atoms with Gasteiger partial charge in [-0.05, 0) is 12.5 Å². The average molecular weight is 296 g/mol. The lowest BCUT2D eigenvalue weighted by Crippen LogP contribution is -2.06. The molecule has 7 nitrogen and oxygen atoms in total. The molecule has 0 amide bonds. The summed E-state index contributed by atoms with van der Waals surface area (Å²) >= 11 is 0. The first-order chi connectivity index (χ1) is 10.9. The van der Waals surface area contributed by atoms with Crippen LogP contribution < -0.4 is 5.32 Å². The van der Waals surface area contributed by atoms with E-state index in [-0.39, 0.29) is 0 Å². The third kappa shape index (κ3) is 2.62. The number of nitrogens with one attached hydrogen (secondary N) is 1. The smallest absolute Gasteiger partial charge is 0.233 e. The lowest BCUT2D eigenvalue weighted by atomic mass is 10.1. The Morgan fingerprint density at radius 1 is 1.32 bits per heavy atom. The van der Waals surface area contributed by atoms with E-state index in [1.165, 1.54) is 0 Å². The van der Waals surface area contributed by atoms with Crippen molar-refractivity contribution in [3.05, 3.63) is 48.4 Å². The number of fused-ring (bicyclic) bond motifs is 1. The minimum atomic E-state index is 0.378. The van der Waals surface area contributed by atoms with E-state index in [1.54, 1.807) is 12.5 Å². The van der Waals surface area contributed by atoms with Crippen molar-refractivity contribution in [3.8, 4) is 0 Å². The van der Waals surface area contributed by atoms with Gasteiger partial charge in [0, 0.05) is 37.2 Å². The van der Waals surface area contributed by atoms with Gasteiger partial charge in [0.2, 0.25) is 5.78 Å². The number of rotatable bonds is 4. The molecule has 1 aliphatic rings. The molecule has 0 aromatic carbocycles. The topological polar surface area (TPSA) is 77.2 Å². The van der Waals surface area contributed by atoms with Crippen molar-refractivity contribution < 1.29 is 4.74 Å². The maximum absolute atomic E-state index is 5.41. The molecule has 3 aromatic heterocycles. The van der Waals surface area contributed by atoms with Crippen molar-refractivity contribution in [3.63, 3.8) is 0 Å². The van der Waals surface area contributed by atoms with Gasteiger partial charge >= 0.3 is 0 Å². The summed E-state index contributed by atoms with van der Waals surface area (Å²) in [6.07, 6.45) is 8.25. The SMILES string of the molecule is c1cnc2nc(CNc3cc([C@@H]4CCOC4)ncn3)cn2c1. The number of imidazole rings is 1. The molecule has 3 aromatic rings. The summed E-state index contributed by atoms with van der Waals surface area (Å²) < 4.78 is 7.31. The second-order valence-electron chi connectivity index (χ2n) is 5.30. The summed E-state index contributed by atoms with van der Waals surface area (Å²) in [5.74, 6) is 1.88. The van der Waals surface area contributed by atoms with Crippen LogP contribution in [-0.2, 0) is 11.3 Å². The lowest BCUT2D eigenvalue weighted by molar-refractivity contribution is 0.193. The number of anilines is 1. The normalized spacial score (nSPS) is 17.9. The Bertz CT molecular complexity index is 747. The van der Waals surface area contributed by atoms with Crippen molar-refractivity contribution in [1.29, 1.82) is 0 Å². The molecule has 0 saturated carbocycles. The Labute approximate surface area is 127 Å². The minimum absolute atomic E-state index is 0.378. The van der Waals surface area contributed by atoms with Crippen LogP contribution in [0.3, 0.4) is 0 Å². The van der Waals surface area contributed by atoms with Crippen LogP contribution in [0.5, 0.6) is 0 Å². The molecule has 4 heterocycles. The molecule has 0 aliphatic carbocycles. The molecule has 1 N–H and O–H groups in total. The molecular formula is C15H16N6O. The molecule has 0 unspecified atom stereocenters. The summed E-state index contributed by atoms with van der Waals surface area (Å²) in [4.78, 5) is 17.3. The minimum Gasteiger partial charge on any atom is -0.381 e. The van der Waals surface area contributed by atoms with Crippen LogP contribution in [0.25, 0.3) is 5.78 Å². The van der Waals surface area contributed by atoms with Gasteiger partial charge in [0.25, 0.3) is 0 Å². The molecule has 7 heteroatoms. The Kier molecular flexibility index (Phi) is 3.40. The first-order valence-electron chi connectivity index (χ1n) is 7.30. The fraction of sp³-hybridized carbons (Fsp3) is 0.333. The highest BCUT2D eigenvalue weighted by Crippen LogP contribution is 2.24. The van der Waals surface area contributed by atoms with E-state index >= 15 is 0 Å². The van der Waals surface area contributed by atoms with E-state index in [2.05, 4.69) is 25.3 Å².